The second kappa shape index (κ2) is 34.6. The third-order valence-corrected chi connectivity index (χ3v) is 0. The first-order valence-corrected chi connectivity index (χ1v) is 0. The maximum Gasteiger partial charge on any atom is 0 e. The molecular weight excluding hydrogens is 528 g/mol. The van der Waals surface area contributed by atoms with Crippen LogP contribution in [0.15, 0.2) is 0 Å². The first-order valence-electron chi connectivity index (χ1n) is 0. The molecule has 0 atom stereocenters. The monoisotopic (exact) mass is 529 g/mol. The van der Waals surface area contributed by atoms with Crippen LogP contribution >= 0.6 is 0 Å². The molecule has 0 rings (SSSR count). The summed E-state index contributed by atoms with van der Waals surface area (Å²) in [4.78, 5) is 0. The van der Waals surface area contributed by atoms with E-state index < -0.39 is 0 Å². The van der Waals surface area contributed by atoms with E-state index in [9.17, 15) is 0 Å². The van der Waals surface area contributed by atoms with Gasteiger partial charge < -0.3 is 0 Å². The number of hydrogen-bond donors (Lipinski definition) is 0. The van der Waals surface area contributed by atoms with Crippen LogP contribution in [0.2, 0.25) is 0 Å². The minimum Gasteiger partial charge on any atom is 0 e. The summed E-state index contributed by atoms with van der Waals surface area (Å²) in [7, 11) is 0. The van der Waals surface area contributed by atoms with Crippen molar-refractivity contribution in [3.05, 3.63) is 0 Å². The van der Waals surface area contributed by atoms with Crippen molar-refractivity contribution in [2.75, 3.05) is 0 Å². The molecule has 6 heteroatoms. The molecule has 0 N–H and O–H groups in total. The Bertz CT molecular complexity index is 13.5. The molecule has 0 fully saturated rings. The topological polar surface area (TPSA) is 0 Å². The zero-order valence-electron chi connectivity index (χ0n) is 2.75. The Morgan fingerprint density at radius 3 is 0.833 bits per heavy atom. The van der Waals surface area contributed by atoms with Gasteiger partial charge in [-0.2, -0.15) is 0 Å². The van der Waals surface area contributed by atoms with E-state index in [-0.39, 0.29) is 132 Å². The van der Waals surface area contributed by atoms with Crippen molar-refractivity contribution in [2.24, 2.45) is 0 Å². The molecule has 0 aliphatic carbocycles. The van der Waals surface area contributed by atoms with Crippen molar-refractivity contribution < 1.29 is 84.2 Å². The quantitative estimate of drug-likeness (QED) is 0.363. The van der Waals surface area contributed by atoms with Crippen LogP contribution in [0.5, 0.6) is 0 Å². The molecule has 0 spiro atoms. The van der Waals surface area contributed by atoms with Crippen LogP contribution in [0.1, 0.15) is 0 Å². The minimum absolute atomic E-state index is 0. The molecule has 10 radical (unpaired) electrons. The van der Waals surface area contributed by atoms with Gasteiger partial charge in [0.05, 0.1) is 0 Å². The Labute approximate surface area is 129 Å². The maximum absolute atomic E-state index is 0. The fourth-order valence-electron chi connectivity index (χ4n) is 0. The van der Waals surface area contributed by atoms with Crippen LogP contribution in [0.4, 0.5) is 0 Å². The Morgan fingerprint density at radius 2 is 0.833 bits per heavy atom. The number of hydrogen-bond acceptors (Lipinski definition) is 0. The molecule has 0 saturated carbocycles. The van der Waals surface area contributed by atoms with Crippen LogP contribution in [0.25, 0.3) is 0 Å². The molecule has 30 valence electrons. The van der Waals surface area contributed by atoms with Gasteiger partial charge in [-0.1, -0.05) is 0 Å². The van der Waals surface area contributed by atoms with Crippen LogP contribution in [-0.2, 0) is 84.2 Å². The summed E-state index contributed by atoms with van der Waals surface area (Å²) in [5.74, 6) is 0. The van der Waals surface area contributed by atoms with Crippen LogP contribution in [-0.4, -0.2) is 47.8 Å². The van der Waals surface area contributed by atoms with Gasteiger partial charge in [0.1, 0.15) is 0 Å². The molecule has 0 aliphatic rings. The molecule has 0 aromatic rings. The van der Waals surface area contributed by atoms with E-state index >= 15 is 0 Å². The molecule has 0 aromatic heterocycles. The fraction of sp³-hybridized carbons (Fsp3) is 0. The largest absolute Gasteiger partial charge is 0 e. The number of rotatable bonds is 0. The standard InChI is InChI=1S/Fe.Nb.2Sn.V.Zr. The summed E-state index contributed by atoms with van der Waals surface area (Å²) >= 11 is 0. The smallest absolute Gasteiger partial charge is 0 e. The first-order chi connectivity index (χ1) is 0. The van der Waals surface area contributed by atoms with E-state index in [1.165, 1.54) is 0 Å². The van der Waals surface area contributed by atoms with E-state index in [4.69, 9.17) is 0 Å². The van der Waals surface area contributed by atoms with Crippen molar-refractivity contribution in [3.8, 4) is 0 Å². The molecule has 6 heavy (non-hydrogen) atoms. The molecule has 0 aliphatic heterocycles. The predicted molar refractivity (Wildman–Crippen MR) is 11.5 cm³/mol. The predicted octanol–water partition coefficient (Wildman–Crippen LogP) is -0.772. The zero-order chi connectivity index (χ0) is 0. The molecule has 0 nitrogen and oxygen atoms in total. The van der Waals surface area contributed by atoms with Gasteiger partial charge in [-0.3, -0.25) is 0 Å². The average Bonchev–Trinajstić information content (AvgIpc) is 0. The first kappa shape index (κ1) is 48.0. The SMILES string of the molecule is [Fe].[Nb].[Sn].[Sn].[V].[Zr]. The van der Waals surface area contributed by atoms with E-state index in [0.717, 1.165) is 0 Å². The minimum atomic E-state index is 0. The molecule has 0 aromatic carbocycles. The molecule has 0 bridgehead atoms. The van der Waals surface area contributed by atoms with Crippen LogP contribution < -0.4 is 0 Å². The second-order valence-electron chi connectivity index (χ2n) is 0. The summed E-state index contributed by atoms with van der Waals surface area (Å²) in [6, 6.07) is 0. The van der Waals surface area contributed by atoms with Crippen LogP contribution in [0, 0.1) is 0 Å². The van der Waals surface area contributed by atoms with Crippen molar-refractivity contribution in [2.45, 2.75) is 0 Å². The van der Waals surface area contributed by atoms with E-state index in [0.29, 0.717) is 0 Å². The Hall–Kier alpha value is 4.32. The zero-order valence-corrected chi connectivity index (χ0v) is 15.6. The van der Waals surface area contributed by atoms with Gasteiger partial charge in [-0.25, -0.2) is 0 Å². The van der Waals surface area contributed by atoms with Crippen LogP contribution in [0.3, 0.4) is 0 Å². The summed E-state index contributed by atoms with van der Waals surface area (Å²) in [6.45, 7) is 0. The second-order valence-corrected chi connectivity index (χ2v) is 0. The normalized spacial score (nSPS) is 0. The summed E-state index contributed by atoms with van der Waals surface area (Å²) in [5, 5.41) is 0. The Balaban J connectivity index is 0. The maximum atomic E-state index is 0. The fourth-order valence-corrected chi connectivity index (χ4v) is 0. The molecule has 0 saturated heterocycles. The van der Waals surface area contributed by atoms with Gasteiger partial charge in [0.15, 0.2) is 0 Å². The van der Waals surface area contributed by atoms with Gasteiger partial charge in [0, 0.05) is 132 Å². The summed E-state index contributed by atoms with van der Waals surface area (Å²) in [6.07, 6.45) is 0. The van der Waals surface area contributed by atoms with Crippen molar-refractivity contribution in [3.63, 3.8) is 0 Å². The molecule has 0 unspecified atom stereocenters. The van der Waals surface area contributed by atoms with Crippen molar-refractivity contribution in [1.29, 1.82) is 0 Å². The van der Waals surface area contributed by atoms with Gasteiger partial charge in [0.2, 0.25) is 0 Å². The molecule has 0 heterocycles. The van der Waals surface area contributed by atoms with E-state index in [1.807, 2.05) is 0 Å². The Kier molecular flexibility index (Phi) is 276. The summed E-state index contributed by atoms with van der Waals surface area (Å²) < 4.78 is 0. The van der Waals surface area contributed by atoms with Gasteiger partial charge in [0.25, 0.3) is 0 Å². The van der Waals surface area contributed by atoms with Gasteiger partial charge in [-0.05, 0) is 0 Å². The van der Waals surface area contributed by atoms with Crippen molar-refractivity contribution >= 4 is 47.8 Å². The third kappa shape index (κ3) is 23.9. The average molecular weight is 528 g/mol. The summed E-state index contributed by atoms with van der Waals surface area (Å²) in [5.41, 5.74) is 0. The van der Waals surface area contributed by atoms with E-state index in [2.05, 4.69) is 0 Å². The van der Waals surface area contributed by atoms with E-state index in [1.54, 1.807) is 0 Å². The third-order valence-electron chi connectivity index (χ3n) is 0. The van der Waals surface area contributed by atoms with Crippen molar-refractivity contribution in [1.82, 2.24) is 0 Å². The molecular formula is FeNbSn2VZr. The van der Waals surface area contributed by atoms with Gasteiger partial charge >= 0.3 is 0 Å². The van der Waals surface area contributed by atoms with Gasteiger partial charge in [-0.15, -0.1) is 0 Å². The Morgan fingerprint density at radius 1 is 0.833 bits per heavy atom. The molecule has 0 amide bonds.